The fourth-order valence-electron chi connectivity index (χ4n) is 2.58. The topological polar surface area (TPSA) is 80.9 Å². The summed E-state index contributed by atoms with van der Waals surface area (Å²) in [6.07, 6.45) is 4.18. The zero-order valence-electron chi connectivity index (χ0n) is 17.2. The van der Waals surface area contributed by atoms with Crippen LogP contribution in [-0.4, -0.2) is 31.1 Å². The zero-order chi connectivity index (χ0) is 21.0. The molecule has 0 radical (unpaired) electrons. The second-order valence-electron chi connectivity index (χ2n) is 6.40. The molecule has 0 spiro atoms. The predicted molar refractivity (Wildman–Crippen MR) is 127 cm³/mol. The first-order valence-corrected chi connectivity index (χ1v) is 9.66. The highest BCUT2D eigenvalue weighted by Gasteiger charge is 2.03. The standard InChI is InChI=1S/C22H25FN4O3.HI/c1-24-22(25-10-4-11-28-16-20-7-3-12-29-20)27-15-17-8-9-21(26-14-17)30-19-6-2-5-18(23)13-19;/h2-3,5-9,12-14H,4,10-11,15-16H2,1H3,(H2,24,25,27);1H. The highest BCUT2D eigenvalue weighted by molar-refractivity contribution is 14.0. The molecule has 0 saturated carbocycles. The fourth-order valence-corrected chi connectivity index (χ4v) is 2.58. The van der Waals surface area contributed by atoms with Gasteiger partial charge in [0.15, 0.2) is 5.96 Å². The van der Waals surface area contributed by atoms with Gasteiger partial charge in [-0.2, -0.15) is 0 Å². The Bertz CT molecular complexity index is 921. The molecule has 3 rings (SSSR count). The van der Waals surface area contributed by atoms with Crippen molar-refractivity contribution in [2.75, 3.05) is 20.2 Å². The molecular formula is C22H26FIN4O3. The lowest BCUT2D eigenvalue weighted by Crippen LogP contribution is -2.37. The van der Waals surface area contributed by atoms with E-state index in [0.29, 0.717) is 37.3 Å². The van der Waals surface area contributed by atoms with Gasteiger partial charge in [-0.1, -0.05) is 12.1 Å². The number of halogens is 2. The predicted octanol–water partition coefficient (Wildman–Crippen LogP) is 4.50. The highest BCUT2D eigenvalue weighted by Crippen LogP contribution is 2.19. The molecule has 2 aromatic heterocycles. The first-order valence-electron chi connectivity index (χ1n) is 9.66. The van der Waals surface area contributed by atoms with Gasteiger partial charge in [0.25, 0.3) is 0 Å². The number of ether oxygens (including phenoxy) is 2. The van der Waals surface area contributed by atoms with Crippen LogP contribution in [0.25, 0.3) is 0 Å². The van der Waals surface area contributed by atoms with Crippen molar-refractivity contribution in [3.63, 3.8) is 0 Å². The molecule has 3 aromatic rings. The number of benzene rings is 1. The third kappa shape index (κ3) is 8.93. The molecule has 0 aliphatic heterocycles. The molecule has 0 atom stereocenters. The Morgan fingerprint density at radius 2 is 2.06 bits per heavy atom. The number of aromatic nitrogens is 1. The van der Waals surface area contributed by atoms with Crippen molar-refractivity contribution in [2.45, 2.75) is 19.6 Å². The average Bonchev–Trinajstić information content (AvgIpc) is 3.27. The maximum Gasteiger partial charge on any atom is 0.219 e. The number of nitrogens with one attached hydrogen (secondary N) is 2. The van der Waals surface area contributed by atoms with Crippen LogP contribution in [0.1, 0.15) is 17.7 Å². The van der Waals surface area contributed by atoms with Crippen LogP contribution in [0.3, 0.4) is 0 Å². The van der Waals surface area contributed by atoms with Crippen molar-refractivity contribution in [2.24, 2.45) is 4.99 Å². The summed E-state index contributed by atoms with van der Waals surface area (Å²) in [6.45, 7) is 2.39. The molecule has 31 heavy (non-hydrogen) atoms. The van der Waals surface area contributed by atoms with Gasteiger partial charge in [-0.3, -0.25) is 4.99 Å². The van der Waals surface area contributed by atoms with Gasteiger partial charge in [0.05, 0.1) is 6.26 Å². The van der Waals surface area contributed by atoms with Gasteiger partial charge in [-0.05, 0) is 36.2 Å². The van der Waals surface area contributed by atoms with Gasteiger partial charge in [0, 0.05) is 45.1 Å². The molecular weight excluding hydrogens is 514 g/mol. The lowest BCUT2D eigenvalue weighted by molar-refractivity contribution is 0.105. The van der Waals surface area contributed by atoms with Gasteiger partial charge in [0.2, 0.25) is 5.88 Å². The third-order valence-corrected chi connectivity index (χ3v) is 4.08. The van der Waals surface area contributed by atoms with Gasteiger partial charge in [-0.15, -0.1) is 24.0 Å². The minimum absolute atomic E-state index is 0. The molecule has 0 unspecified atom stereocenters. The second kappa shape index (κ2) is 13.6. The van der Waals surface area contributed by atoms with Crippen molar-refractivity contribution in [3.8, 4) is 11.6 Å². The molecule has 9 heteroatoms. The molecule has 0 saturated heterocycles. The fraction of sp³-hybridized carbons (Fsp3) is 0.273. The van der Waals surface area contributed by atoms with Crippen LogP contribution >= 0.6 is 24.0 Å². The maximum atomic E-state index is 13.2. The third-order valence-electron chi connectivity index (χ3n) is 4.08. The van der Waals surface area contributed by atoms with Crippen molar-refractivity contribution in [1.82, 2.24) is 15.6 Å². The van der Waals surface area contributed by atoms with Crippen molar-refractivity contribution < 1.29 is 18.3 Å². The molecule has 0 bridgehead atoms. The van der Waals surface area contributed by atoms with Crippen molar-refractivity contribution >= 4 is 29.9 Å². The van der Waals surface area contributed by atoms with E-state index in [4.69, 9.17) is 13.9 Å². The van der Waals surface area contributed by atoms with E-state index < -0.39 is 0 Å². The Kier molecular flexibility index (Phi) is 10.8. The Morgan fingerprint density at radius 3 is 2.77 bits per heavy atom. The Morgan fingerprint density at radius 1 is 1.16 bits per heavy atom. The Balaban J connectivity index is 0.00000341. The van der Waals surface area contributed by atoms with E-state index in [9.17, 15) is 4.39 Å². The number of guanidine groups is 1. The van der Waals surface area contributed by atoms with Crippen LogP contribution in [0.5, 0.6) is 11.6 Å². The van der Waals surface area contributed by atoms with E-state index in [1.807, 2.05) is 18.2 Å². The minimum atomic E-state index is -0.351. The first kappa shape index (κ1) is 24.6. The minimum Gasteiger partial charge on any atom is -0.467 e. The molecule has 2 N–H and O–H groups in total. The van der Waals surface area contributed by atoms with Gasteiger partial charge in [0.1, 0.15) is 23.9 Å². The Labute approximate surface area is 198 Å². The van der Waals surface area contributed by atoms with Crippen LogP contribution in [0.4, 0.5) is 4.39 Å². The largest absolute Gasteiger partial charge is 0.467 e. The van der Waals surface area contributed by atoms with Gasteiger partial charge < -0.3 is 24.5 Å². The SMILES string of the molecule is CN=C(NCCCOCc1ccco1)NCc1ccc(Oc2cccc(F)c2)nc1.I. The lowest BCUT2D eigenvalue weighted by atomic mass is 10.3. The monoisotopic (exact) mass is 540 g/mol. The van der Waals surface area contributed by atoms with Crippen molar-refractivity contribution in [1.29, 1.82) is 0 Å². The summed E-state index contributed by atoms with van der Waals surface area (Å²) >= 11 is 0. The van der Waals surface area contributed by atoms with E-state index in [1.54, 1.807) is 37.7 Å². The van der Waals surface area contributed by atoms with Crippen LogP contribution in [0, 0.1) is 5.82 Å². The number of furan rings is 1. The first-order chi connectivity index (χ1) is 14.7. The average molecular weight is 540 g/mol. The molecule has 2 heterocycles. The normalized spacial score (nSPS) is 11.0. The van der Waals surface area contributed by atoms with E-state index >= 15 is 0 Å². The second-order valence-corrected chi connectivity index (χ2v) is 6.40. The molecule has 0 fully saturated rings. The number of hydrogen-bond donors (Lipinski definition) is 2. The van der Waals surface area contributed by atoms with E-state index in [2.05, 4.69) is 20.6 Å². The molecule has 0 aliphatic carbocycles. The summed E-state index contributed by atoms with van der Waals surface area (Å²) in [5.41, 5.74) is 0.964. The smallest absolute Gasteiger partial charge is 0.219 e. The Hall–Kier alpha value is -2.66. The summed E-state index contributed by atoms with van der Waals surface area (Å²) in [5, 5.41) is 6.47. The molecule has 166 valence electrons. The van der Waals surface area contributed by atoms with Crippen LogP contribution in [0.15, 0.2) is 70.4 Å². The molecule has 0 amide bonds. The summed E-state index contributed by atoms with van der Waals surface area (Å²) in [7, 11) is 1.72. The number of pyridine rings is 1. The number of rotatable bonds is 10. The summed E-state index contributed by atoms with van der Waals surface area (Å²) in [5.74, 6) is 1.98. The van der Waals surface area contributed by atoms with E-state index in [1.165, 1.54) is 12.1 Å². The quantitative estimate of drug-likeness (QED) is 0.171. The van der Waals surface area contributed by atoms with E-state index in [0.717, 1.165) is 24.3 Å². The summed E-state index contributed by atoms with van der Waals surface area (Å²) < 4.78 is 29.5. The van der Waals surface area contributed by atoms with Crippen LogP contribution in [0.2, 0.25) is 0 Å². The number of hydrogen-bond acceptors (Lipinski definition) is 5. The van der Waals surface area contributed by atoms with Gasteiger partial charge >= 0.3 is 0 Å². The number of aliphatic imine (C=N–C) groups is 1. The van der Waals surface area contributed by atoms with Gasteiger partial charge in [-0.25, -0.2) is 9.37 Å². The molecule has 0 aliphatic rings. The van der Waals surface area contributed by atoms with E-state index in [-0.39, 0.29) is 29.8 Å². The summed E-state index contributed by atoms with van der Waals surface area (Å²) in [4.78, 5) is 8.46. The van der Waals surface area contributed by atoms with Crippen LogP contribution < -0.4 is 15.4 Å². The zero-order valence-corrected chi connectivity index (χ0v) is 19.5. The highest BCUT2D eigenvalue weighted by atomic mass is 127. The maximum absolute atomic E-state index is 13.2. The number of nitrogens with zero attached hydrogens (tertiary/aromatic N) is 2. The van der Waals surface area contributed by atoms with Crippen molar-refractivity contribution in [3.05, 3.63) is 78.1 Å². The molecule has 1 aromatic carbocycles. The van der Waals surface area contributed by atoms with Crippen LogP contribution in [-0.2, 0) is 17.9 Å². The molecule has 7 nitrogen and oxygen atoms in total. The summed E-state index contributed by atoms with van der Waals surface area (Å²) in [6, 6.07) is 13.3. The lowest BCUT2D eigenvalue weighted by Gasteiger charge is -2.12.